The second kappa shape index (κ2) is 6.50. The zero-order valence-electron chi connectivity index (χ0n) is 14.7. The fourth-order valence-electron chi connectivity index (χ4n) is 2.90. The van der Waals surface area contributed by atoms with E-state index in [2.05, 4.69) is 24.0 Å². The van der Waals surface area contributed by atoms with Crippen LogP contribution in [0.3, 0.4) is 0 Å². The van der Waals surface area contributed by atoms with Crippen LogP contribution in [0.15, 0.2) is 59.1 Å². The van der Waals surface area contributed by atoms with Crippen molar-refractivity contribution < 1.29 is 9.21 Å². The lowest BCUT2D eigenvalue weighted by Crippen LogP contribution is -2.12. The molecule has 1 N–H and O–H groups in total. The number of hydrogen-bond donors (Lipinski definition) is 1. The molecular weight excluding hydrogens is 374 g/mol. The van der Waals surface area contributed by atoms with Gasteiger partial charge in [0.2, 0.25) is 5.89 Å². The van der Waals surface area contributed by atoms with Crippen molar-refractivity contribution in [2.45, 2.75) is 6.92 Å². The molecule has 0 saturated carbocycles. The van der Waals surface area contributed by atoms with Crippen LogP contribution in [0.5, 0.6) is 0 Å². The van der Waals surface area contributed by atoms with Crippen molar-refractivity contribution >= 4 is 45.6 Å². The van der Waals surface area contributed by atoms with E-state index in [1.807, 2.05) is 31.2 Å². The number of carbonyl (C=O) groups is 1. The number of nitrogens with zero attached hydrogens (tertiary/aromatic N) is 4. The van der Waals surface area contributed by atoms with Crippen LogP contribution in [0.1, 0.15) is 15.9 Å². The molecule has 3 aromatic heterocycles. The molecule has 0 aliphatic heterocycles. The topological polar surface area (TPSA) is 93.8 Å². The number of oxazole rings is 1. The smallest absolute Gasteiger partial charge is 0.255 e. The van der Waals surface area contributed by atoms with Gasteiger partial charge in [0, 0.05) is 23.0 Å². The second-order valence-corrected chi connectivity index (χ2v) is 6.82. The van der Waals surface area contributed by atoms with Crippen LogP contribution in [-0.2, 0) is 0 Å². The van der Waals surface area contributed by atoms with Gasteiger partial charge < -0.3 is 9.73 Å². The summed E-state index contributed by atoms with van der Waals surface area (Å²) in [6.45, 7) is 1.93. The Bertz CT molecular complexity index is 1310. The Labute approximate surface area is 163 Å². The molecule has 0 aliphatic rings. The van der Waals surface area contributed by atoms with Gasteiger partial charge in [-0.15, -0.1) is 0 Å². The van der Waals surface area contributed by atoms with Gasteiger partial charge >= 0.3 is 0 Å². The van der Waals surface area contributed by atoms with Crippen LogP contribution in [0.2, 0.25) is 0 Å². The van der Waals surface area contributed by atoms with Gasteiger partial charge in [0.25, 0.3) is 5.91 Å². The van der Waals surface area contributed by atoms with Crippen LogP contribution in [0, 0.1) is 6.92 Å². The number of rotatable bonds is 3. The van der Waals surface area contributed by atoms with Crippen LogP contribution >= 0.6 is 11.7 Å². The molecule has 0 aliphatic carbocycles. The zero-order chi connectivity index (χ0) is 19.1. The third kappa shape index (κ3) is 2.89. The highest BCUT2D eigenvalue weighted by Gasteiger charge is 2.13. The van der Waals surface area contributed by atoms with E-state index in [-0.39, 0.29) is 5.91 Å². The van der Waals surface area contributed by atoms with Gasteiger partial charge in [-0.3, -0.25) is 4.79 Å². The number of anilines is 1. The van der Waals surface area contributed by atoms with Gasteiger partial charge in [-0.05, 0) is 55.0 Å². The number of amides is 1. The van der Waals surface area contributed by atoms with Gasteiger partial charge in [-0.25, -0.2) is 4.98 Å². The predicted octanol–water partition coefficient (Wildman–Crippen LogP) is 4.46. The zero-order valence-corrected chi connectivity index (χ0v) is 15.5. The maximum absolute atomic E-state index is 12.7. The van der Waals surface area contributed by atoms with Gasteiger partial charge in [-0.2, -0.15) is 13.7 Å². The minimum atomic E-state index is -0.214. The summed E-state index contributed by atoms with van der Waals surface area (Å²) in [6, 6.07) is 14.6. The number of aromatic nitrogens is 4. The summed E-state index contributed by atoms with van der Waals surface area (Å²) in [7, 11) is 0. The normalized spacial score (nSPS) is 11.2. The molecule has 5 aromatic rings. The summed E-state index contributed by atoms with van der Waals surface area (Å²) in [5.41, 5.74) is 5.57. The molecule has 0 atom stereocenters. The highest BCUT2D eigenvalue weighted by Crippen LogP contribution is 2.27. The summed E-state index contributed by atoms with van der Waals surface area (Å²) in [6.07, 6.45) is 1.67. The quantitative estimate of drug-likeness (QED) is 0.491. The molecule has 7 nitrogen and oxygen atoms in total. The molecule has 0 bridgehead atoms. The molecule has 1 amide bonds. The van der Waals surface area contributed by atoms with Crippen LogP contribution in [0.4, 0.5) is 5.69 Å². The Morgan fingerprint density at radius 3 is 2.86 bits per heavy atom. The molecule has 8 heteroatoms. The van der Waals surface area contributed by atoms with Crippen molar-refractivity contribution in [1.82, 2.24) is 18.7 Å². The first-order valence-electron chi connectivity index (χ1n) is 8.54. The number of nitrogens with one attached hydrogen (secondary N) is 1. The fraction of sp³-hybridized carbons (Fsp3) is 0.0500. The van der Waals surface area contributed by atoms with E-state index < -0.39 is 0 Å². The van der Waals surface area contributed by atoms with Gasteiger partial charge in [0.05, 0.1) is 11.7 Å². The van der Waals surface area contributed by atoms with Crippen molar-refractivity contribution in [3.05, 3.63) is 65.9 Å². The van der Waals surface area contributed by atoms with Crippen LogP contribution in [-0.4, -0.2) is 24.6 Å². The molecule has 28 heavy (non-hydrogen) atoms. The van der Waals surface area contributed by atoms with E-state index in [9.17, 15) is 4.79 Å². The molecule has 136 valence electrons. The first kappa shape index (κ1) is 16.5. The van der Waals surface area contributed by atoms with Gasteiger partial charge in [0.15, 0.2) is 11.2 Å². The van der Waals surface area contributed by atoms with E-state index in [4.69, 9.17) is 4.42 Å². The Balaban J connectivity index is 1.47. The van der Waals surface area contributed by atoms with E-state index in [1.165, 1.54) is 0 Å². The van der Waals surface area contributed by atoms with Gasteiger partial charge in [-0.1, -0.05) is 6.07 Å². The monoisotopic (exact) mass is 387 g/mol. The Kier molecular flexibility index (Phi) is 3.84. The van der Waals surface area contributed by atoms with Crippen molar-refractivity contribution in [2.24, 2.45) is 0 Å². The van der Waals surface area contributed by atoms with Crippen molar-refractivity contribution in [2.75, 3.05) is 5.32 Å². The number of fused-ring (bicyclic) bond motifs is 2. The number of hydrogen-bond acceptors (Lipinski definition) is 7. The molecule has 3 heterocycles. The number of aryl methyl sites for hydroxylation is 1. The van der Waals surface area contributed by atoms with E-state index in [0.29, 0.717) is 33.9 Å². The number of benzene rings is 2. The SMILES string of the molecule is Cc1ccc(-c2nc3ncccc3o2)cc1NC(=O)c1ccc2nsnc2c1. The third-order valence-electron chi connectivity index (χ3n) is 4.41. The largest absolute Gasteiger partial charge is 0.434 e. The van der Waals surface area contributed by atoms with Crippen molar-refractivity contribution in [3.63, 3.8) is 0 Å². The fourth-order valence-corrected chi connectivity index (χ4v) is 3.42. The number of carbonyl (C=O) groups excluding carboxylic acids is 1. The molecule has 0 saturated heterocycles. The Morgan fingerprint density at radius 2 is 1.96 bits per heavy atom. The third-order valence-corrected chi connectivity index (χ3v) is 4.97. The molecule has 5 rings (SSSR count). The summed E-state index contributed by atoms with van der Waals surface area (Å²) in [4.78, 5) is 21.3. The van der Waals surface area contributed by atoms with Crippen LogP contribution < -0.4 is 5.32 Å². The lowest BCUT2D eigenvalue weighted by Gasteiger charge is -2.09. The molecular formula is C20H13N5O2S. The summed E-state index contributed by atoms with van der Waals surface area (Å²) in [5, 5.41) is 2.96. The highest BCUT2D eigenvalue weighted by molar-refractivity contribution is 7.00. The lowest BCUT2D eigenvalue weighted by atomic mass is 10.1. The first-order chi connectivity index (χ1) is 13.7. The average molecular weight is 387 g/mol. The van der Waals surface area contributed by atoms with E-state index >= 15 is 0 Å². The van der Waals surface area contributed by atoms with E-state index in [0.717, 1.165) is 28.4 Å². The molecule has 0 spiro atoms. The Hall–Kier alpha value is -3.65. The summed E-state index contributed by atoms with van der Waals surface area (Å²) in [5.74, 6) is 0.244. The lowest BCUT2D eigenvalue weighted by molar-refractivity contribution is 0.102. The van der Waals surface area contributed by atoms with Crippen LogP contribution in [0.25, 0.3) is 33.7 Å². The summed E-state index contributed by atoms with van der Waals surface area (Å²) >= 11 is 1.13. The maximum Gasteiger partial charge on any atom is 0.255 e. The molecule has 0 fully saturated rings. The molecule has 0 unspecified atom stereocenters. The first-order valence-corrected chi connectivity index (χ1v) is 9.27. The van der Waals surface area contributed by atoms with Crippen molar-refractivity contribution in [3.8, 4) is 11.5 Å². The minimum Gasteiger partial charge on any atom is -0.434 e. The predicted molar refractivity (Wildman–Crippen MR) is 107 cm³/mol. The summed E-state index contributed by atoms with van der Waals surface area (Å²) < 4.78 is 14.1. The highest BCUT2D eigenvalue weighted by atomic mass is 32.1. The van der Waals surface area contributed by atoms with Gasteiger partial charge in [0.1, 0.15) is 11.0 Å². The minimum absolute atomic E-state index is 0.214. The average Bonchev–Trinajstić information content (AvgIpc) is 3.35. The molecule has 2 aromatic carbocycles. The Morgan fingerprint density at radius 1 is 1.07 bits per heavy atom. The standard InChI is InChI=1S/C20H13N5O2S/c1-11-4-5-13(20-23-18-17(27-20)3-2-8-21-18)10-15(11)22-19(26)12-6-7-14-16(9-12)25-28-24-14/h2-10H,1H3,(H,22,26). The second-order valence-electron chi connectivity index (χ2n) is 6.30. The van der Waals surface area contributed by atoms with Crippen molar-refractivity contribution in [1.29, 1.82) is 0 Å². The maximum atomic E-state index is 12.7. The number of pyridine rings is 1. The van der Waals surface area contributed by atoms with E-state index in [1.54, 1.807) is 30.5 Å². The molecule has 0 radical (unpaired) electrons.